The molecule has 0 radical (unpaired) electrons. The predicted octanol–water partition coefficient (Wildman–Crippen LogP) is 3.75. The van der Waals surface area contributed by atoms with Crippen molar-refractivity contribution in [1.82, 2.24) is 20.1 Å². The molecule has 2 aliphatic carbocycles. The van der Waals surface area contributed by atoms with E-state index >= 15 is 0 Å². The Morgan fingerprint density at radius 2 is 2.22 bits per heavy atom. The molecular formula is C18H23ClN4. The molecule has 2 fully saturated rings. The van der Waals surface area contributed by atoms with E-state index in [9.17, 15) is 0 Å². The molecule has 2 aromatic rings. The van der Waals surface area contributed by atoms with Gasteiger partial charge in [-0.3, -0.25) is 0 Å². The molecular weight excluding hydrogens is 308 g/mol. The van der Waals surface area contributed by atoms with Gasteiger partial charge in [-0.15, -0.1) is 0 Å². The first-order chi connectivity index (χ1) is 11.1. The Hall–Kier alpha value is -1.39. The van der Waals surface area contributed by atoms with Gasteiger partial charge in [0.2, 0.25) is 0 Å². The van der Waals surface area contributed by atoms with Crippen molar-refractivity contribution in [2.45, 2.75) is 45.7 Å². The summed E-state index contributed by atoms with van der Waals surface area (Å²) in [4.78, 5) is 4.65. The van der Waals surface area contributed by atoms with Crippen LogP contribution in [0.1, 0.15) is 37.4 Å². The Labute approximate surface area is 142 Å². The van der Waals surface area contributed by atoms with Gasteiger partial charge in [-0.2, -0.15) is 5.10 Å². The van der Waals surface area contributed by atoms with Crippen molar-refractivity contribution < 1.29 is 0 Å². The molecule has 3 atom stereocenters. The van der Waals surface area contributed by atoms with Crippen molar-refractivity contribution in [3.05, 3.63) is 40.8 Å². The lowest BCUT2D eigenvalue weighted by atomic mass is 10.1. The van der Waals surface area contributed by atoms with E-state index in [1.54, 1.807) is 17.1 Å². The number of aryl methyl sites for hydroxylation is 1. The standard InChI is InChI=1S/C18H23ClN4/c1-11-3-4-14(18(22-11)23-10-15(19)9-21-23)8-20-12(2)16-7-17(16)13-5-6-13/h3-4,9-10,12-13,16-17,20H,5-8H2,1-2H3/t12?,16-,17-/m0/s1. The molecule has 23 heavy (non-hydrogen) atoms. The van der Waals surface area contributed by atoms with Gasteiger partial charge in [-0.25, -0.2) is 9.67 Å². The van der Waals surface area contributed by atoms with E-state index in [4.69, 9.17) is 11.6 Å². The lowest BCUT2D eigenvalue weighted by Crippen LogP contribution is -2.29. The Morgan fingerprint density at radius 1 is 1.39 bits per heavy atom. The molecule has 2 heterocycles. The zero-order chi connectivity index (χ0) is 16.0. The van der Waals surface area contributed by atoms with Crippen molar-refractivity contribution in [2.24, 2.45) is 17.8 Å². The number of aromatic nitrogens is 3. The molecule has 0 aliphatic heterocycles. The van der Waals surface area contributed by atoms with Crippen LogP contribution in [0.3, 0.4) is 0 Å². The van der Waals surface area contributed by atoms with Gasteiger partial charge in [-0.05, 0) is 56.9 Å². The lowest BCUT2D eigenvalue weighted by Gasteiger charge is -2.16. The fourth-order valence-corrected chi connectivity index (χ4v) is 3.76. The summed E-state index contributed by atoms with van der Waals surface area (Å²) in [6.07, 6.45) is 7.78. The van der Waals surface area contributed by atoms with Gasteiger partial charge < -0.3 is 5.32 Å². The third-order valence-electron chi connectivity index (χ3n) is 5.24. The molecule has 1 N–H and O–H groups in total. The molecule has 1 unspecified atom stereocenters. The molecule has 0 aromatic carbocycles. The Morgan fingerprint density at radius 3 is 2.91 bits per heavy atom. The summed E-state index contributed by atoms with van der Waals surface area (Å²) in [6.45, 7) is 5.13. The highest BCUT2D eigenvalue weighted by molar-refractivity contribution is 6.30. The molecule has 0 bridgehead atoms. The minimum Gasteiger partial charge on any atom is -0.310 e. The maximum absolute atomic E-state index is 6.00. The van der Waals surface area contributed by atoms with Gasteiger partial charge in [0.25, 0.3) is 0 Å². The van der Waals surface area contributed by atoms with Crippen LogP contribution >= 0.6 is 11.6 Å². The smallest absolute Gasteiger partial charge is 0.158 e. The summed E-state index contributed by atoms with van der Waals surface area (Å²) in [6, 6.07) is 4.76. The summed E-state index contributed by atoms with van der Waals surface area (Å²) in [5, 5.41) is 8.63. The number of rotatable bonds is 6. The first-order valence-electron chi connectivity index (χ1n) is 8.52. The first kappa shape index (κ1) is 15.2. The second-order valence-electron chi connectivity index (χ2n) is 7.11. The molecule has 122 valence electrons. The summed E-state index contributed by atoms with van der Waals surface area (Å²) in [5.74, 6) is 3.75. The van der Waals surface area contributed by atoms with E-state index in [-0.39, 0.29) is 0 Å². The Balaban J connectivity index is 1.46. The lowest BCUT2D eigenvalue weighted by molar-refractivity contribution is 0.456. The highest BCUT2D eigenvalue weighted by Crippen LogP contribution is 2.55. The van der Waals surface area contributed by atoms with E-state index in [1.165, 1.54) is 19.3 Å². The fourth-order valence-electron chi connectivity index (χ4n) is 3.62. The van der Waals surface area contributed by atoms with Crippen molar-refractivity contribution in [3.63, 3.8) is 0 Å². The third kappa shape index (κ3) is 3.29. The number of halogens is 1. The van der Waals surface area contributed by atoms with Gasteiger partial charge in [0.05, 0.1) is 17.4 Å². The van der Waals surface area contributed by atoms with E-state index in [2.05, 4.69) is 34.5 Å². The summed E-state index contributed by atoms with van der Waals surface area (Å²) >= 11 is 6.00. The largest absolute Gasteiger partial charge is 0.310 e. The second-order valence-corrected chi connectivity index (χ2v) is 7.55. The van der Waals surface area contributed by atoms with Crippen LogP contribution < -0.4 is 5.32 Å². The number of nitrogens with zero attached hydrogens (tertiary/aromatic N) is 3. The molecule has 4 nitrogen and oxygen atoms in total. The van der Waals surface area contributed by atoms with Crippen molar-refractivity contribution in [2.75, 3.05) is 0 Å². The zero-order valence-electron chi connectivity index (χ0n) is 13.7. The van der Waals surface area contributed by atoms with Gasteiger partial charge in [0.15, 0.2) is 5.82 Å². The normalized spacial score (nSPS) is 24.7. The van der Waals surface area contributed by atoms with Crippen molar-refractivity contribution >= 4 is 11.6 Å². The van der Waals surface area contributed by atoms with Crippen molar-refractivity contribution in [3.8, 4) is 5.82 Å². The monoisotopic (exact) mass is 330 g/mol. The number of pyridine rings is 1. The molecule has 4 rings (SSSR count). The van der Waals surface area contributed by atoms with E-state index in [0.717, 1.165) is 41.4 Å². The van der Waals surface area contributed by atoms with Crippen LogP contribution in [0.25, 0.3) is 5.82 Å². The molecule has 0 saturated heterocycles. The quantitative estimate of drug-likeness (QED) is 0.877. The number of hydrogen-bond donors (Lipinski definition) is 1. The maximum Gasteiger partial charge on any atom is 0.158 e. The molecule has 2 saturated carbocycles. The van der Waals surface area contributed by atoms with Crippen LogP contribution in [0, 0.1) is 24.7 Å². The SMILES string of the molecule is Cc1ccc(CNC(C)[C@@H]2C[C@H]2C2CC2)c(-n2cc(Cl)cn2)n1. The van der Waals surface area contributed by atoms with Crippen LogP contribution in [0.4, 0.5) is 0 Å². The predicted molar refractivity (Wildman–Crippen MR) is 91.7 cm³/mol. The topological polar surface area (TPSA) is 42.7 Å². The second kappa shape index (κ2) is 5.91. The average Bonchev–Trinajstić information content (AvgIpc) is 3.42. The fraction of sp³-hybridized carbons (Fsp3) is 0.556. The van der Waals surface area contributed by atoms with E-state index in [1.807, 2.05) is 6.92 Å². The molecule has 0 spiro atoms. The molecule has 2 aliphatic rings. The minimum absolute atomic E-state index is 0.566. The zero-order valence-corrected chi connectivity index (χ0v) is 14.4. The first-order valence-corrected chi connectivity index (χ1v) is 8.90. The average molecular weight is 331 g/mol. The highest BCUT2D eigenvalue weighted by Gasteiger charge is 2.49. The Bertz CT molecular complexity index is 707. The number of nitrogens with one attached hydrogen (secondary N) is 1. The van der Waals surface area contributed by atoms with Gasteiger partial charge in [0, 0.05) is 23.8 Å². The Kier molecular flexibility index (Phi) is 3.90. The molecule has 2 aromatic heterocycles. The van der Waals surface area contributed by atoms with Crippen LogP contribution in [0.5, 0.6) is 0 Å². The minimum atomic E-state index is 0.566. The van der Waals surface area contributed by atoms with Crippen LogP contribution in [0.15, 0.2) is 24.5 Å². The van der Waals surface area contributed by atoms with Crippen LogP contribution in [-0.2, 0) is 6.54 Å². The maximum atomic E-state index is 6.00. The summed E-state index contributed by atoms with van der Waals surface area (Å²) in [7, 11) is 0. The van der Waals surface area contributed by atoms with Crippen LogP contribution in [-0.4, -0.2) is 20.8 Å². The van der Waals surface area contributed by atoms with E-state index in [0.29, 0.717) is 11.1 Å². The van der Waals surface area contributed by atoms with Crippen LogP contribution in [0.2, 0.25) is 5.02 Å². The summed E-state index contributed by atoms with van der Waals surface area (Å²) < 4.78 is 1.77. The van der Waals surface area contributed by atoms with Gasteiger partial charge in [-0.1, -0.05) is 17.7 Å². The summed E-state index contributed by atoms with van der Waals surface area (Å²) in [5.41, 5.74) is 2.14. The highest BCUT2D eigenvalue weighted by atomic mass is 35.5. The van der Waals surface area contributed by atoms with E-state index < -0.39 is 0 Å². The molecule has 5 heteroatoms. The molecule has 0 amide bonds. The van der Waals surface area contributed by atoms with Crippen molar-refractivity contribution in [1.29, 1.82) is 0 Å². The van der Waals surface area contributed by atoms with Gasteiger partial charge in [0.1, 0.15) is 0 Å². The number of hydrogen-bond acceptors (Lipinski definition) is 3. The van der Waals surface area contributed by atoms with Gasteiger partial charge >= 0.3 is 0 Å². The third-order valence-corrected chi connectivity index (χ3v) is 5.43.